The third-order valence-electron chi connectivity index (χ3n) is 20.8. The van der Waals surface area contributed by atoms with Gasteiger partial charge in [-0.3, -0.25) is 0 Å². The predicted octanol–water partition coefficient (Wildman–Crippen LogP) is -1.89. The minimum absolute atomic E-state index is 0.0566. The summed E-state index contributed by atoms with van der Waals surface area (Å²) < 4.78 is 41.9. The van der Waals surface area contributed by atoms with E-state index < -0.39 is 193 Å². The maximum Gasteiger partial charge on any atom is 0.335 e. The van der Waals surface area contributed by atoms with Gasteiger partial charge < -0.3 is 105 Å². The summed E-state index contributed by atoms with van der Waals surface area (Å²) in [7, 11) is 0. The van der Waals surface area contributed by atoms with E-state index in [2.05, 4.69) is 26.8 Å². The quantitative estimate of drug-likeness (QED) is 0.0415. The Kier molecular flexibility index (Phi) is 16.9. The van der Waals surface area contributed by atoms with Crippen molar-refractivity contribution in [1.29, 1.82) is 0 Å². The number of aliphatic hydroxyl groups excluding tert-OH is 13. The SMILES string of the molecule is C/C=C(\C)C(=O)O[C@H]1[C@H](O)[C@]2(CO)[C@H](O)C[C@]3(C)C(=CC[C@@H]4[C@@]5(C)CC[C@H](O[C@@H]6O[C@H](C(=O)O)[C@@H](O[C@@H]7O[C@H](CO)[C@@H](O)[C@H](O)[C@H]7O)[C@H](O)[C@H]6O[C@@H]6O[C@H](CO)[C@@H](O)[C@H](O)[C@H]6O)[C@@](C)(CO)[C@@H]5CC[C@]43C)[C@@H]2CC1(C)C. The number of carbonyl (C=O) groups is 2. The highest BCUT2D eigenvalue weighted by Crippen LogP contribution is 2.76. The predicted molar refractivity (Wildman–Crippen MR) is 259 cm³/mol. The Hall–Kier alpha value is -2.34. The molecule has 3 heterocycles. The summed E-state index contributed by atoms with van der Waals surface area (Å²) >= 11 is 0. The fourth-order valence-corrected chi connectivity index (χ4v) is 15.9. The Morgan fingerprint density at radius 3 is 1.79 bits per heavy atom. The van der Waals surface area contributed by atoms with Crippen LogP contribution < -0.4 is 0 Å². The molecule has 0 bridgehead atoms. The second kappa shape index (κ2) is 21.5. The number of hydrogen-bond donors (Lipinski definition) is 14. The zero-order chi connectivity index (χ0) is 56.2. The van der Waals surface area contributed by atoms with Gasteiger partial charge in [0.05, 0.1) is 44.1 Å². The minimum Gasteiger partial charge on any atom is -0.479 e. The molecule has 0 unspecified atom stereocenters. The Balaban J connectivity index is 1.10. The maximum absolute atomic E-state index is 13.2. The van der Waals surface area contributed by atoms with Crippen LogP contribution in [0.2, 0.25) is 0 Å². The first kappa shape index (κ1) is 59.8. The normalized spacial score (nSPS) is 52.3. The van der Waals surface area contributed by atoms with Crippen LogP contribution in [-0.2, 0) is 42.7 Å². The molecule has 0 aromatic carbocycles. The molecular weight excluding hydrogens is 1000 g/mol. The molecule has 3 saturated heterocycles. The van der Waals surface area contributed by atoms with Crippen molar-refractivity contribution in [2.75, 3.05) is 26.4 Å². The third-order valence-corrected chi connectivity index (χ3v) is 20.8. The molecule has 5 aliphatic carbocycles. The first-order chi connectivity index (χ1) is 35.5. The van der Waals surface area contributed by atoms with Gasteiger partial charge in [0.1, 0.15) is 79.4 Å². The van der Waals surface area contributed by atoms with Crippen molar-refractivity contribution in [3.63, 3.8) is 0 Å². The molecule has 0 spiro atoms. The molecule has 23 heteroatoms. The van der Waals surface area contributed by atoms with Crippen LogP contribution in [0.25, 0.3) is 0 Å². The third kappa shape index (κ3) is 9.16. The van der Waals surface area contributed by atoms with Crippen LogP contribution in [-0.4, -0.2) is 226 Å². The van der Waals surface area contributed by atoms with E-state index in [1.54, 1.807) is 19.9 Å². The van der Waals surface area contributed by atoms with Crippen LogP contribution in [0.15, 0.2) is 23.3 Å². The average molecular weight is 1090 g/mol. The molecule has 8 rings (SSSR count). The number of allylic oxidation sites excluding steroid dienone is 3. The van der Waals surface area contributed by atoms with E-state index >= 15 is 0 Å². The molecule has 0 aromatic rings. The summed E-state index contributed by atoms with van der Waals surface area (Å²) in [5.74, 6) is -3.12. The smallest absolute Gasteiger partial charge is 0.335 e. The number of rotatable bonds is 13. The number of carboxylic acid groups (broad SMARTS) is 1. The van der Waals surface area contributed by atoms with Gasteiger partial charge in [0.2, 0.25) is 0 Å². The number of carboxylic acids is 1. The molecule has 14 N–H and O–H groups in total. The highest BCUT2D eigenvalue weighted by Gasteiger charge is 2.73. The molecule has 23 nitrogen and oxygen atoms in total. The molecular formula is C53H84O23. The monoisotopic (exact) mass is 1090 g/mol. The van der Waals surface area contributed by atoms with Gasteiger partial charge in [0.15, 0.2) is 25.0 Å². The van der Waals surface area contributed by atoms with Gasteiger partial charge in [0.25, 0.3) is 0 Å². The van der Waals surface area contributed by atoms with Crippen molar-refractivity contribution in [1.82, 2.24) is 0 Å². The number of esters is 1. The Morgan fingerprint density at radius 2 is 1.26 bits per heavy atom. The summed E-state index contributed by atoms with van der Waals surface area (Å²) in [6, 6.07) is 0. The van der Waals surface area contributed by atoms with Crippen molar-refractivity contribution < 1.29 is 114 Å². The van der Waals surface area contributed by atoms with Gasteiger partial charge in [-0.1, -0.05) is 59.3 Å². The van der Waals surface area contributed by atoms with Crippen LogP contribution in [0.4, 0.5) is 0 Å². The summed E-state index contributed by atoms with van der Waals surface area (Å²) in [5, 5.41) is 155. The van der Waals surface area contributed by atoms with Crippen molar-refractivity contribution in [2.24, 2.45) is 50.2 Å². The molecule has 434 valence electrons. The van der Waals surface area contributed by atoms with E-state index in [9.17, 15) is 81.1 Å². The van der Waals surface area contributed by atoms with Crippen molar-refractivity contribution in [2.45, 2.75) is 217 Å². The number of hydrogen-bond acceptors (Lipinski definition) is 22. The molecule has 0 amide bonds. The summed E-state index contributed by atoms with van der Waals surface area (Å²) in [5.41, 5.74) is -3.57. The molecule has 0 radical (unpaired) electrons. The molecule has 4 saturated carbocycles. The molecule has 3 aliphatic heterocycles. The van der Waals surface area contributed by atoms with E-state index in [4.69, 9.17) is 33.2 Å². The van der Waals surface area contributed by atoms with E-state index in [0.717, 1.165) is 5.57 Å². The Bertz CT molecular complexity index is 2170. The number of carbonyl (C=O) groups excluding carboxylic acids is 1. The van der Waals surface area contributed by atoms with Crippen LogP contribution in [0.5, 0.6) is 0 Å². The number of ether oxygens (including phenoxy) is 7. The van der Waals surface area contributed by atoms with Crippen molar-refractivity contribution in [3.8, 4) is 0 Å². The van der Waals surface area contributed by atoms with Crippen LogP contribution >= 0.6 is 0 Å². The largest absolute Gasteiger partial charge is 0.479 e. The van der Waals surface area contributed by atoms with Gasteiger partial charge in [-0.2, -0.15) is 0 Å². The summed E-state index contributed by atoms with van der Waals surface area (Å²) in [4.78, 5) is 26.2. The lowest BCUT2D eigenvalue weighted by Gasteiger charge is -2.72. The lowest BCUT2D eigenvalue weighted by Crippen LogP contribution is -2.72. The minimum atomic E-state index is -2.16. The molecule has 7 fully saturated rings. The Morgan fingerprint density at radius 1 is 0.684 bits per heavy atom. The van der Waals surface area contributed by atoms with Gasteiger partial charge >= 0.3 is 11.9 Å². The number of aliphatic carboxylic acids is 1. The van der Waals surface area contributed by atoms with Crippen LogP contribution in [0.1, 0.15) is 100 Å². The lowest BCUT2D eigenvalue weighted by atomic mass is 9.33. The van der Waals surface area contributed by atoms with Gasteiger partial charge in [0, 0.05) is 16.4 Å². The van der Waals surface area contributed by atoms with Crippen molar-refractivity contribution in [3.05, 3.63) is 23.3 Å². The molecule has 76 heavy (non-hydrogen) atoms. The van der Waals surface area contributed by atoms with E-state index in [1.165, 1.54) is 0 Å². The first-order valence-corrected chi connectivity index (χ1v) is 26.8. The van der Waals surface area contributed by atoms with E-state index in [1.807, 2.05) is 20.8 Å². The Labute approximate surface area is 442 Å². The highest BCUT2D eigenvalue weighted by atomic mass is 16.8. The highest BCUT2D eigenvalue weighted by molar-refractivity contribution is 5.87. The first-order valence-electron chi connectivity index (χ1n) is 26.8. The standard InChI is InChI=1S/C53H84O23/c1-9-22(2)44(69)76-42-41(66)53(21-57)24(16-48(42,3)4)23-10-11-28-49(5)14-13-30(50(6,20-56)27(49)12-15-51(28,7)52(23,8)17-29(53)58)72-47-39(74-46-36(64)34(62)32(60)26(19-55)71-46)37(65)38(40(75-47)43(67)68)73-45-35(63)33(61)31(59)25(18-54)70-45/h9-10,24-42,45-47,54-66H,11-21H2,1-8H3,(H,67,68)/b22-9+/t24-,25+,26+,27+,28+,29+,30-,31+,32+,33-,34-,35+,36+,37-,38-,39+,40-,41-,42-,45-,46-,47+,49-,50-,51+,52+,53-/m0/s1. The van der Waals surface area contributed by atoms with E-state index in [0.29, 0.717) is 37.7 Å². The van der Waals surface area contributed by atoms with Crippen LogP contribution in [0, 0.1) is 50.2 Å². The average Bonchev–Trinajstić information content (AvgIpc) is 3.58. The van der Waals surface area contributed by atoms with Crippen LogP contribution in [0.3, 0.4) is 0 Å². The number of aliphatic hydroxyl groups is 13. The second-order valence-electron chi connectivity index (χ2n) is 24.9. The molecule has 27 atom stereocenters. The van der Waals surface area contributed by atoms with E-state index in [-0.39, 0.29) is 24.7 Å². The zero-order valence-electron chi connectivity index (χ0n) is 44.6. The second-order valence-corrected chi connectivity index (χ2v) is 24.9. The fraction of sp³-hybridized carbons (Fsp3) is 0.887. The van der Waals surface area contributed by atoms with Gasteiger partial charge in [-0.25, -0.2) is 9.59 Å². The topological polar surface area (TPSA) is 382 Å². The number of fused-ring (bicyclic) bond motifs is 7. The summed E-state index contributed by atoms with van der Waals surface area (Å²) in [6.45, 7) is 12.9. The van der Waals surface area contributed by atoms with Crippen molar-refractivity contribution >= 4 is 11.9 Å². The summed E-state index contributed by atoms with van der Waals surface area (Å²) in [6.07, 6.45) is -26.3. The lowest BCUT2D eigenvalue weighted by molar-refractivity contribution is -0.392. The fourth-order valence-electron chi connectivity index (χ4n) is 15.9. The van der Waals surface area contributed by atoms with Gasteiger partial charge in [-0.15, -0.1) is 0 Å². The van der Waals surface area contributed by atoms with Gasteiger partial charge in [-0.05, 0) is 92.8 Å². The molecule has 0 aromatic heterocycles. The maximum atomic E-state index is 13.2. The zero-order valence-corrected chi connectivity index (χ0v) is 44.6. The molecule has 8 aliphatic rings.